The van der Waals surface area contributed by atoms with E-state index in [4.69, 9.17) is 0 Å². The van der Waals surface area contributed by atoms with Gasteiger partial charge >= 0.3 is 0 Å². The van der Waals surface area contributed by atoms with Gasteiger partial charge in [-0.1, -0.05) is 12.1 Å². The highest BCUT2D eigenvalue weighted by molar-refractivity contribution is 14.0. The van der Waals surface area contributed by atoms with E-state index < -0.39 is 0 Å². The van der Waals surface area contributed by atoms with Crippen molar-refractivity contribution in [2.45, 2.75) is 32.4 Å². The Labute approximate surface area is 148 Å². The van der Waals surface area contributed by atoms with Gasteiger partial charge in [0.15, 0.2) is 5.96 Å². The number of rotatable bonds is 5. The van der Waals surface area contributed by atoms with Crippen LogP contribution in [0.1, 0.15) is 25.3 Å². The second-order valence-electron chi connectivity index (χ2n) is 5.23. The monoisotopic (exact) mass is 411 g/mol. The molecule has 1 heterocycles. The average molecular weight is 411 g/mol. The fraction of sp³-hybridized carbons (Fsp3) is 0.375. The smallest absolute Gasteiger partial charge is 0.191 e. The molecule has 118 valence electrons. The number of hydrogen-bond donors (Lipinski definition) is 2. The first-order chi connectivity index (χ1) is 10.3. The first-order valence-corrected chi connectivity index (χ1v) is 7.49. The van der Waals surface area contributed by atoms with E-state index in [9.17, 15) is 0 Å². The van der Waals surface area contributed by atoms with E-state index in [0.29, 0.717) is 12.6 Å². The van der Waals surface area contributed by atoms with Crippen LogP contribution in [0, 0.1) is 0 Å². The van der Waals surface area contributed by atoms with Gasteiger partial charge in [0, 0.05) is 25.0 Å². The molecule has 0 aliphatic heterocycles. The maximum Gasteiger partial charge on any atom is 0.191 e. The SMILES string of the molecule is CCNC(=NCc1cccc(-n2cccn2)c1)NC1CC1.I. The summed E-state index contributed by atoms with van der Waals surface area (Å²) in [6, 6.07) is 10.8. The highest BCUT2D eigenvalue weighted by atomic mass is 127. The van der Waals surface area contributed by atoms with E-state index >= 15 is 0 Å². The molecule has 0 bridgehead atoms. The lowest BCUT2D eigenvalue weighted by atomic mass is 10.2. The minimum absolute atomic E-state index is 0. The minimum atomic E-state index is 0. The van der Waals surface area contributed by atoms with Crippen LogP contribution >= 0.6 is 24.0 Å². The number of nitrogens with one attached hydrogen (secondary N) is 2. The molecule has 0 amide bonds. The summed E-state index contributed by atoms with van der Waals surface area (Å²) >= 11 is 0. The van der Waals surface area contributed by atoms with Crippen molar-refractivity contribution in [2.75, 3.05) is 6.54 Å². The first-order valence-electron chi connectivity index (χ1n) is 7.49. The van der Waals surface area contributed by atoms with E-state index in [0.717, 1.165) is 18.2 Å². The van der Waals surface area contributed by atoms with Gasteiger partial charge in [0.1, 0.15) is 0 Å². The van der Waals surface area contributed by atoms with Crippen LogP contribution in [0.2, 0.25) is 0 Å². The molecule has 0 saturated heterocycles. The van der Waals surface area contributed by atoms with E-state index in [1.54, 1.807) is 6.20 Å². The molecule has 1 fully saturated rings. The summed E-state index contributed by atoms with van der Waals surface area (Å²) < 4.78 is 1.86. The molecule has 0 atom stereocenters. The number of halogens is 1. The average Bonchev–Trinajstić information content (AvgIpc) is 3.15. The summed E-state index contributed by atoms with van der Waals surface area (Å²) in [5, 5.41) is 11.0. The lowest BCUT2D eigenvalue weighted by molar-refractivity contribution is 0.811. The van der Waals surface area contributed by atoms with Crippen LogP contribution in [-0.4, -0.2) is 28.3 Å². The first kappa shape index (κ1) is 16.8. The standard InChI is InChI=1S/C16H21N5.HI/c1-2-17-16(20-14-7-8-14)18-12-13-5-3-6-15(11-13)21-10-4-9-19-21;/h3-6,9-11,14H,2,7-8,12H2,1H3,(H2,17,18,20);1H. The third kappa shape index (κ3) is 4.72. The van der Waals surface area contributed by atoms with Crippen molar-refractivity contribution in [1.29, 1.82) is 0 Å². The van der Waals surface area contributed by atoms with E-state index in [-0.39, 0.29) is 24.0 Å². The molecule has 2 N–H and O–H groups in total. The number of nitrogens with zero attached hydrogens (tertiary/aromatic N) is 3. The number of guanidine groups is 1. The van der Waals surface area contributed by atoms with Gasteiger partial charge in [-0.25, -0.2) is 9.67 Å². The zero-order valence-corrected chi connectivity index (χ0v) is 15.0. The minimum Gasteiger partial charge on any atom is -0.357 e. The van der Waals surface area contributed by atoms with Gasteiger partial charge < -0.3 is 10.6 Å². The number of benzene rings is 1. The predicted octanol–water partition coefficient (Wildman–Crippen LogP) is 2.71. The van der Waals surface area contributed by atoms with Crippen LogP contribution in [0.15, 0.2) is 47.7 Å². The molecule has 6 heteroatoms. The van der Waals surface area contributed by atoms with Gasteiger partial charge in [-0.05, 0) is 43.5 Å². The Bertz CT molecular complexity index is 605. The molecule has 0 spiro atoms. The molecule has 0 unspecified atom stereocenters. The van der Waals surface area contributed by atoms with E-state index in [1.807, 2.05) is 29.1 Å². The van der Waals surface area contributed by atoms with Crippen LogP contribution in [0.4, 0.5) is 0 Å². The van der Waals surface area contributed by atoms with E-state index in [1.165, 1.54) is 18.4 Å². The molecule has 1 aliphatic rings. The summed E-state index contributed by atoms with van der Waals surface area (Å²) in [5.41, 5.74) is 2.24. The highest BCUT2D eigenvalue weighted by Gasteiger charge is 2.21. The summed E-state index contributed by atoms with van der Waals surface area (Å²) in [6.45, 7) is 3.63. The summed E-state index contributed by atoms with van der Waals surface area (Å²) in [6.07, 6.45) is 6.23. The third-order valence-electron chi connectivity index (χ3n) is 3.36. The van der Waals surface area contributed by atoms with Crippen molar-refractivity contribution >= 4 is 29.9 Å². The molecule has 1 aromatic carbocycles. The second-order valence-corrected chi connectivity index (χ2v) is 5.23. The maximum atomic E-state index is 4.65. The van der Waals surface area contributed by atoms with Crippen molar-refractivity contribution in [3.8, 4) is 5.69 Å². The van der Waals surface area contributed by atoms with Gasteiger partial charge in [-0.3, -0.25) is 0 Å². The summed E-state index contributed by atoms with van der Waals surface area (Å²) in [4.78, 5) is 4.65. The molecular formula is C16H22IN5. The van der Waals surface area contributed by atoms with Crippen molar-refractivity contribution in [3.05, 3.63) is 48.3 Å². The van der Waals surface area contributed by atoms with Crippen LogP contribution in [-0.2, 0) is 6.54 Å². The summed E-state index contributed by atoms with van der Waals surface area (Å²) in [7, 11) is 0. The molecule has 5 nitrogen and oxygen atoms in total. The van der Waals surface area contributed by atoms with Crippen LogP contribution in [0.3, 0.4) is 0 Å². The molecule has 2 aromatic rings. The lowest BCUT2D eigenvalue weighted by Crippen LogP contribution is -2.38. The Morgan fingerprint density at radius 1 is 1.36 bits per heavy atom. The Kier molecular flexibility index (Phi) is 6.23. The van der Waals surface area contributed by atoms with Crippen LogP contribution < -0.4 is 10.6 Å². The van der Waals surface area contributed by atoms with Crippen LogP contribution in [0.5, 0.6) is 0 Å². The fourth-order valence-corrected chi connectivity index (χ4v) is 2.13. The number of aliphatic imine (C=N–C) groups is 1. The lowest BCUT2D eigenvalue weighted by Gasteiger charge is -2.10. The maximum absolute atomic E-state index is 4.65. The quantitative estimate of drug-likeness (QED) is 0.452. The van der Waals surface area contributed by atoms with Crippen molar-refractivity contribution in [2.24, 2.45) is 4.99 Å². The van der Waals surface area contributed by atoms with Crippen molar-refractivity contribution in [1.82, 2.24) is 20.4 Å². The van der Waals surface area contributed by atoms with Gasteiger partial charge in [0.2, 0.25) is 0 Å². The fourth-order valence-electron chi connectivity index (χ4n) is 2.13. The zero-order chi connectivity index (χ0) is 14.5. The Balaban J connectivity index is 0.00000176. The topological polar surface area (TPSA) is 54.2 Å². The Hall–Kier alpha value is -1.57. The zero-order valence-electron chi connectivity index (χ0n) is 12.7. The number of aromatic nitrogens is 2. The molecule has 3 rings (SSSR count). The van der Waals surface area contributed by atoms with Gasteiger partial charge in [0.25, 0.3) is 0 Å². The van der Waals surface area contributed by atoms with Gasteiger partial charge in [0.05, 0.1) is 12.2 Å². The normalized spacial score (nSPS) is 14.3. The Morgan fingerprint density at radius 3 is 2.91 bits per heavy atom. The summed E-state index contributed by atoms with van der Waals surface area (Å²) in [5.74, 6) is 0.907. The van der Waals surface area contributed by atoms with Gasteiger partial charge in [-0.15, -0.1) is 24.0 Å². The third-order valence-corrected chi connectivity index (χ3v) is 3.36. The van der Waals surface area contributed by atoms with E-state index in [2.05, 4.69) is 39.8 Å². The molecular weight excluding hydrogens is 389 g/mol. The molecule has 1 aliphatic carbocycles. The molecule has 22 heavy (non-hydrogen) atoms. The van der Waals surface area contributed by atoms with Crippen molar-refractivity contribution < 1.29 is 0 Å². The highest BCUT2D eigenvalue weighted by Crippen LogP contribution is 2.18. The van der Waals surface area contributed by atoms with Crippen LogP contribution in [0.25, 0.3) is 5.69 Å². The van der Waals surface area contributed by atoms with Crippen molar-refractivity contribution in [3.63, 3.8) is 0 Å². The van der Waals surface area contributed by atoms with Gasteiger partial charge in [-0.2, -0.15) is 5.10 Å². The molecule has 1 saturated carbocycles. The number of hydrogen-bond acceptors (Lipinski definition) is 2. The second kappa shape index (κ2) is 8.17. The Morgan fingerprint density at radius 2 is 2.23 bits per heavy atom. The largest absolute Gasteiger partial charge is 0.357 e. The predicted molar refractivity (Wildman–Crippen MR) is 100.0 cm³/mol. The molecule has 0 radical (unpaired) electrons. The molecule has 1 aromatic heterocycles.